The van der Waals surface area contributed by atoms with Gasteiger partial charge in [-0.1, -0.05) is 54.6 Å². The summed E-state index contributed by atoms with van der Waals surface area (Å²) in [6, 6.07) is 15.1. The van der Waals surface area contributed by atoms with E-state index in [1.54, 1.807) is 24.3 Å². The second-order valence-corrected chi connectivity index (χ2v) is 6.53. The fourth-order valence-electron chi connectivity index (χ4n) is 3.29. The van der Waals surface area contributed by atoms with Crippen LogP contribution in [0, 0.1) is 0 Å². The van der Waals surface area contributed by atoms with E-state index in [2.05, 4.69) is 4.99 Å². The van der Waals surface area contributed by atoms with Crippen LogP contribution in [0.25, 0.3) is 0 Å². The molecule has 0 aliphatic heterocycles. The highest BCUT2D eigenvalue weighted by molar-refractivity contribution is 6.55. The molecule has 0 N–H and O–H groups in total. The smallest absolute Gasteiger partial charge is 0.220 e. The lowest BCUT2D eigenvalue weighted by Gasteiger charge is -2.33. The maximum atomic E-state index is 13.2. The monoisotopic (exact) mass is 378 g/mol. The van der Waals surface area contributed by atoms with Crippen LogP contribution in [-0.4, -0.2) is 54.4 Å². The van der Waals surface area contributed by atoms with Gasteiger partial charge in [-0.15, -0.1) is 0 Å². The molecule has 2 aromatic carbocycles. The molecule has 2 aromatic rings. The van der Waals surface area contributed by atoms with Crippen LogP contribution in [-0.2, 0) is 16.1 Å². The van der Waals surface area contributed by atoms with Gasteiger partial charge < -0.3 is 9.64 Å². The highest BCUT2D eigenvalue weighted by Gasteiger charge is 2.42. The van der Waals surface area contributed by atoms with Crippen molar-refractivity contribution < 1.29 is 19.1 Å². The topological polar surface area (TPSA) is 76.0 Å². The van der Waals surface area contributed by atoms with Crippen molar-refractivity contribution in [3.8, 4) is 0 Å². The average Bonchev–Trinajstić information content (AvgIpc) is 2.71. The molecule has 0 aromatic heterocycles. The van der Waals surface area contributed by atoms with Crippen LogP contribution in [0.4, 0.5) is 0 Å². The number of Topliss-reactive ketones (excluding diaryl/α,β-unsaturated/α-hetero) is 2. The fraction of sp³-hybridized carbons (Fsp3) is 0.273. The zero-order valence-corrected chi connectivity index (χ0v) is 15.9. The van der Waals surface area contributed by atoms with Gasteiger partial charge in [-0.25, -0.2) is 0 Å². The second kappa shape index (κ2) is 8.71. The molecule has 1 unspecified atom stereocenters. The lowest BCUT2D eigenvalue weighted by Crippen LogP contribution is -2.55. The van der Waals surface area contributed by atoms with Crippen LogP contribution in [0.3, 0.4) is 0 Å². The standard InChI is InChI=1S/C22H22N2O4/c1-15(25)24(12-13-28-2)20-19(23-14-16-8-4-3-5-9-16)21(26)17-10-6-7-11-18(17)22(20)27/h3-11,20H,12-14H2,1-2H3. The van der Waals surface area contributed by atoms with Gasteiger partial charge in [0.1, 0.15) is 11.8 Å². The number of methoxy groups -OCH3 is 1. The Bertz CT molecular complexity index is 921. The van der Waals surface area contributed by atoms with E-state index < -0.39 is 6.04 Å². The van der Waals surface area contributed by atoms with Crippen molar-refractivity contribution in [2.24, 2.45) is 4.99 Å². The minimum Gasteiger partial charge on any atom is -0.383 e. The molecule has 1 aliphatic rings. The number of rotatable bonds is 6. The van der Waals surface area contributed by atoms with Gasteiger partial charge in [0.25, 0.3) is 0 Å². The Morgan fingerprint density at radius 1 is 1.04 bits per heavy atom. The summed E-state index contributed by atoms with van der Waals surface area (Å²) in [6.07, 6.45) is 0. The fourth-order valence-corrected chi connectivity index (χ4v) is 3.29. The molecule has 3 rings (SSSR count). The number of ether oxygens (including phenoxy) is 1. The Hall–Kier alpha value is -3.12. The molecule has 0 bridgehead atoms. The van der Waals surface area contributed by atoms with Crippen LogP contribution < -0.4 is 0 Å². The summed E-state index contributed by atoms with van der Waals surface area (Å²) in [5.41, 5.74) is 1.66. The maximum absolute atomic E-state index is 13.2. The molecule has 1 amide bonds. The summed E-state index contributed by atoms with van der Waals surface area (Å²) < 4.78 is 5.08. The van der Waals surface area contributed by atoms with Gasteiger partial charge in [-0.2, -0.15) is 0 Å². The Kier molecular flexibility index (Phi) is 6.11. The Morgan fingerprint density at radius 2 is 1.68 bits per heavy atom. The molecule has 0 heterocycles. The number of aliphatic imine (C=N–C) groups is 1. The number of fused-ring (bicyclic) bond motifs is 1. The van der Waals surface area contributed by atoms with Gasteiger partial charge in [-0.3, -0.25) is 19.4 Å². The van der Waals surface area contributed by atoms with Crippen LogP contribution in [0.5, 0.6) is 0 Å². The first-order chi connectivity index (χ1) is 13.5. The summed E-state index contributed by atoms with van der Waals surface area (Å²) in [4.78, 5) is 44.5. The van der Waals surface area contributed by atoms with Crippen molar-refractivity contribution in [3.05, 3.63) is 71.3 Å². The first-order valence-electron chi connectivity index (χ1n) is 9.07. The molecular weight excluding hydrogens is 356 g/mol. The molecule has 144 valence electrons. The van der Waals surface area contributed by atoms with Crippen molar-refractivity contribution in [1.82, 2.24) is 4.90 Å². The third-order valence-electron chi connectivity index (χ3n) is 4.70. The number of carbonyl (C=O) groups excluding carboxylic acids is 3. The predicted molar refractivity (Wildman–Crippen MR) is 106 cm³/mol. The Morgan fingerprint density at radius 3 is 2.32 bits per heavy atom. The number of nitrogens with zero attached hydrogens (tertiary/aromatic N) is 2. The first-order valence-corrected chi connectivity index (χ1v) is 9.07. The summed E-state index contributed by atoms with van der Waals surface area (Å²) in [5.74, 6) is -0.928. The number of ketones is 2. The largest absolute Gasteiger partial charge is 0.383 e. The molecule has 0 fully saturated rings. The van der Waals surface area contributed by atoms with Gasteiger partial charge in [0.2, 0.25) is 11.7 Å². The van der Waals surface area contributed by atoms with E-state index in [4.69, 9.17) is 4.74 Å². The van der Waals surface area contributed by atoms with Crippen LogP contribution in [0.15, 0.2) is 59.6 Å². The summed E-state index contributed by atoms with van der Waals surface area (Å²) in [5, 5.41) is 0. The lowest BCUT2D eigenvalue weighted by atomic mass is 9.83. The van der Waals surface area contributed by atoms with E-state index >= 15 is 0 Å². The second-order valence-electron chi connectivity index (χ2n) is 6.53. The van der Waals surface area contributed by atoms with Crippen molar-refractivity contribution in [1.29, 1.82) is 0 Å². The van der Waals surface area contributed by atoms with Crippen molar-refractivity contribution in [2.45, 2.75) is 19.5 Å². The van der Waals surface area contributed by atoms with E-state index in [-0.39, 0.29) is 42.9 Å². The molecule has 0 saturated heterocycles. The van der Waals surface area contributed by atoms with Gasteiger partial charge in [0, 0.05) is 31.7 Å². The SMILES string of the molecule is COCCN(C(C)=O)C1C(=O)c2ccccc2C(=O)C1=NCc1ccccc1. The third kappa shape index (κ3) is 3.92. The quantitative estimate of drug-likeness (QED) is 0.774. The molecular formula is C22H22N2O4. The van der Waals surface area contributed by atoms with E-state index in [1.807, 2.05) is 30.3 Å². The van der Waals surface area contributed by atoms with Gasteiger partial charge in [-0.05, 0) is 5.56 Å². The molecule has 6 heteroatoms. The van der Waals surface area contributed by atoms with E-state index in [0.717, 1.165) is 5.56 Å². The minimum atomic E-state index is -1.04. The van der Waals surface area contributed by atoms with Gasteiger partial charge in [0.05, 0.1) is 13.2 Å². The number of benzene rings is 2. The molecule has 28 heavy (non-hydrogen) atoms. The Balaban J connectivity index is 2.07. The normalized spacial score (nSPS) is 17.5. The molecule has 0 radical (unpaired) electrons. The number of hydrogen-bond acceptors (Lipinski definition) is 5. The minimum absolute atomic E-state index is 0.0962. The van der Waals surface area contributed by atoms with Crippen LogP contribution in [0.1, 0.15) is 33.2 Å². The number of amides is 1. The van der Waals surface area contributed by atoms with E-state index in [1.165, 1.54) is 18.9 Å². The first kappa shape index (κ1) is 19.6. The molecule has 1 atom stereocenters. The third-order valence-corrected chi connectivity index (χ3v) is 4.70. The molecule has 0 spiro atoms. The lowest BCUT2D eigenvalue weighted by molar-refractivity contribution is -0.129. The van der Waals surface area contributed by atoms with Crippen molar-refractivity contribution in [3.63, 3.8) is 0 Å². The van der Waals surface area contributed by atoms with Crippen molar-refractivity contribution >= 4 is 23.2 Å². The molecule has 1 aliphatic carbocycles. The number of carbonyl (C=O) groups is 3. The summed E-state index contributed by atoms with van der Waals surface area (Å²) in [7, 11) is 1.52. The van der Waals surface area contributed by atoms with Gasteiger partial charge in [0.15, 0.2) is 5.78 Å². The molecule has 0 saturated carbocycles. The number of hydrogen-bond donors (Lipinski definition) is 0. The van der Waals surface area contributed by atoms with E-state index in [0.29, 0.717) is 11.1 Å². The summed E-state index contributed by atoms with van der Waals surface area (Å²) >= 11 is 0. The highest BCUT2D eigenvalue weighted by atomic mass is 16.5. The van der Waals surface area contributed by atoms with Crippen molar-refractivity contribution in [2.75, 3.05) is 20.3 Å². The van der Waals surface area contributed by atoms with E-state index in [9.17, 15) is 14.4 Å². The maximum Gasteiger partial charge on any atom is 0.220 e. The highest BCUT2D eigenvalue weighted by Crippen LogP contribution is 2.24. The predicted octanol–water partition coefficient (Wildman–Crippen LogP) is 2.57. The average molecular weight is 378 g/mol. The zero-order valence-electron chi connectivity index (χ0n) is 15.9. The van der Waals surface area contributed by atoms with Gasteiger partial charge >= 0.3 is 0 Å². The zero-order chi connectivity index (χ0) is 20.1. The molecule has 6 nitrogen and oxygen atoms in total. The summed E-state index contributed by atoms with van der Waals surface area (Å²) in [6.45, 7) is 2.08. The van der Waals surface area contributed by atoms with Crippen LogP contribution in [0.2, 0.25) is 0 Å². The Labute approximate surface area is 163 Å². The van der Waals surface area contributed by atoms with Crippen LogP contribution >= 0.6 is 0 Å².